The maximum atomic E-state index is 11.9. The van der Waals surface area contributed by atoms with Crippen LogP contribution >= 0.6 is 23.2 Å². The highest BCUT2D eigenvalue weighted by molar-refractivity contribution is 6.43. The van der Waals surface area contributed by atoms with E-state index in [1.807, 2.05) is 0 Å². The Morgan fingerprint density at radius 2 is 2.04 bits per heavy atom. The number of hydrogen-bond donors (Lipinski definition) is 2. The fourth-order valence-electron chi connectivity index (χ4n) is 2.17. The number of amides is 1. The Hall–Kier alpha value is -2.08. The van der Waals surface area contributed by atoms with Crippen LogP contribution < -0.4 is 10.6 Å². The zero-order valence-electron chi connectivity index (χ0n) is 13.1. The van der Waals surface area contributed by atoms with Crippen molar-refractivity contribution in [2.24, 2.45) is 0 Å². The van der Waals surface area contributed by atoms with Crippen LogP contribution in [0, 0.1) is 0 Å². The second kappa shape index (κ2) is 6.81. The van der Waals surface area contributed by atoms with Gasteiger partial charge in [0.1, 0.15) is 5.52 Å². The van der Waals surface area contributed by atoms with Gasteiger partial charge in [0.2, 0.25) is 11.8 Å². The number of fused-ring (bicyclic) bond motifs is 1. The Morgan fingerprint density at radius 1 is 1.25 bits per heavy atom. The van der Waals surface area contributed by atoms with E-state index in [2.05, 4.69) is 15.6 Å². The van der Waals surface area contributed by atoms with Gasteiger partial charge < -0.3 is 15.1 Å². The van der Waals surface area contributed by atoms with Crippen LogP contribution in [0.1, 0.15) is 6.92 Å². The van der Waals surface area contributed by atoms with Gasteiger partial charge in [-0.2, -0.15) is 0 Å². The number of hydrogen-bond acceptors (Lipinski definition) is 4. The van der Waals surface area contributed by atoms with Crippen molar-refractivity contribution < 1.29 is 9.21 Å². The second-order valence-electron chi connectivity index (χ2n) is 5.30. The van der Waals surface area contributed by atoms with E-state index in [0.29, 0.717) is 38.3 Å². The maximum absolute atomic E-state index is 11.9. The van der Waals surface area contributed by atoms with E-state index in [-0.39, 0.29) is 11.9 Å². The zero-order valence-corrected chi connectivity index (χ0v) is 14.6. The van der Waals surface area contributed by atoms with Crippen molar-refractivity contribution in [1.82, 2.24) is 10.3 Å². The van der Waals surface area contributed by atoms with Gasteiger partial charge in [0.15, 0.2) is 5.58 Å². The summed E-state index contributed by atoms with van der Waals surface area (Å²) in [5, 5.41) is 6.54. The Morgan fingerprint density at radius 3 is 2.79 bits per heavy atom. The van der Waals surface area contributed by atoms with Crippen LogP contribution in [-0.2, 0) is 4.79 Å². The molecule has 0 radical (unpaired) electrons. The number of nitrogens with zero attached hydrogens (tertiary/aromatic N) is 1. The third-order valence-electron chi connectivity index (χ3n) is 3.66. The average molecular weight is 364 g/mol. The third-order valence-corrected chi connectivity index (χ3v) is 4.48. The SMILES string of the molecule is CN[C@@H](C)C(=O)Nc1ccc2oc(-c3cccc(Cl)c3Cl)nc2c1. The van der Waals surface area contributed by atoms with Crippen LogP contribution in [0.3, 0.4) is 0 Å². The van der Waals surface area contributed by atoms with Gasteiger partial charge in [-0.15, -0.1) is 0 Å². The lowest BCUT2D eigenvalue weighted by Gasteiger charge is -2.10. The first-order chi connectivity index (χ1) is 11.5. The largest absolute Gasteiger partial charge is 0.436 e. The maximum Gasteiger partial charge on any atom is 0.241 e. The van der Waals surface area contributed by atoms with Crippen molar-refractivity contribution in [2.75, 3.05) is 12.4 Å². The highest BCUT2D eigenvalue weighted by Gasteiger charge is 2.15. The molecule has 1 heterocycles. The van der Waals surface area contributed by atoms with E-state index in [9.17, 15) is 4.79 Å². The van der Waals surface area contributed by atoms with Gasteiger partial charge in [0.05, 0.1) is 21.7 Å². The van der Waals surface area contributed by atoms with Crippen molar-refractivity contribution in [2.45, 2.75) is 13.0 Å². The van der Waals surface area contributed by atoms with Gasteiger partial charge in [0.25, 0.3) is 0 Å². The molecule has 0 aliphatic carbocycles. The van der Waals surface area contributed by atoms with Gasteiger partial charge in [0, 0.05) is 5.69 Å². The van der Waals surface area contributed by atoms with Crippen LogP contribution in [0.2, 0.25) is 10.0 Å². The van der Waals surface area contributed by atoms with Gasteiger partial charge in [-0.05, 0) is 44.3 Å². The summed E-state index contributed by atoms with van der Waals surface area (Å²) in [6.45, 7) is 1.78. The summed E-state index contributed by atoms with van der Waals surface area (Å²) < 4.78 is 5.74. The number of rotatable bonds is 4. The number of oxazole rings is 1. The first-order valence-electron chi connectivity index (χ1n) is 7.32. The number of likely N-dealkylation sites (N-methyl/N-ethyl adjacent to an activating group) is 1. The van der Waals surface area contributed by atoms with Gasteiger partial charge in [-0.25, -0.2) is 4.98 Å². The molecule has 0 unspecified atom stereocenters. The minimum absolute atomic E-state index is 0.126. The summed E-state index contributed by atoms with van der Waals surface area (Å²) in [4.78, 5) is 16.4. The quantitative estimate of drug-likeness (QED) is 0.722. The number of carbonyl (C=O) groups is 1. The summed E-state index contributed by atoms with van der Waals surface area (Å²) in [7, 11) is 1.73. The molecule has 2 aromatic carbocycles. The Bertz CT molecular complexity index is 908. The monoisotopic (exact) mass is 363 g/mol. The molecule has 0 bridgehead atoms. The molecule has 5 nitrogen and oxygen atoms in total. The predicted molar refractivity (Wildman–Crippen MR) is 96.6 cm³/mol. The lowest BCUT2D eigenvalue weighted by atomic mass is 10.2. The molecule has 1 aromatic heterocycles. The van der Waals surface area contributed by atoms with E-state index in [1.54, 1.807) is 50.4 Å². The Balaban J connectivity index is 1.95. The van der Waals surface area contributed by atoms with Crippen molar-refractivity contribution in [3.05, 3.63) is 46.4 Å². The molecule has 0 saturated carbocycles. The molecule has 24 heavy (non-hydrogen) atoms. The minimum Gasteiger partial charge on any atom is -0.436 e. The number of aromatic nitrogens is 1. The first kappa shape index (κ1) is 16.8. The lowest BCUT2D eigenvalue weighted by Crippen LogP contribution is -2.35. The molecular formula is C17H15Cl2N3O2. The van der Waals surface area contributed by atoms with Crippen LogP contribution in [-0.4, -0.2) is 24.0 Å². The predicted octanol–water partition coefficient (Wildman–Crippen LogP) is 4.35. The summed E-state index contributed by atoms with van der Waals surface area (Å²) in [6, 6.07) is 10.2. The molecule has 124 valence electrons. The topological polar surface area (TPSA) is 67.2 Å². The summed E-state index contributed by atoms with van der Waals surface area (Å²) in [6.07, 6.45) is 0. The minimum atomic E-state index is -0.293. The normalized spacial score (nSPS) is 12.3. The lowest BCUT2D eigenvalue weighted by molar-refractivity contribution is -0.117. The van der Waals surface area contributed by atoms with Crippen molar-refractivity contribution >= 4 is 45.9 Å². The molecule has 0 aliphatic rings. The van der Waals surface area contributed by atoms with Gasteiger partial charge in [-0.3, -0.25) is 4.79 Å². The molecule has 0 fully saturated rings. The molecule has 3 aromatic rings. The number of carbonyl (C=O) groups excluding carboxylic acids is 1. The molecule has 7 heteroatoms. The van der Waals surface area contributed by atoms with Gasteiger partial charge >= 0.3 is 0 Å². The standard InChI is InChI=1S/C17H15Cl2N3O2/c1-9(20-2)16(23)21-10-6-7-14-13(8-10)22-17(24-14)11-4-3-5-12(18)15(11)19/h3-9,20H,1-2H3,(H,21,23)/t9-/m0/s1. The van der Waals surface area contributed by atoms with E-state index in [0.717, 1.165) is 0 Å². The number of nitrogens with one attached hydrogen (secondary N) is 2. The van der Waals surface area contributed by atoms with Crippen LogP contribution in [0.25, 0.3) is 22.6 Å². The fourth-order valence-corrected chi connectivity index (χ4v) is 2.55. The molecule has 0 aliphatic heterocycles. The third kappa shape index (κ3) is 3.24. The molecule has 3 rings (SSSR count). The number of anilines is 1. The Labute approximate surface area is 149 Å². The molecule has 2 N–H and O–H groups in total. The summed E-state index contributed by atoms with van der Waals surface area (Å²) in [5.41, 5.74) is 2.48. The van der Waals surface area contributed by atoms with Crippen LogP contribution in [0.5, 0.6) is 0 Å². The summed E-state index contributed by atoms with van der Waals surface area (Å²) in [5.74, 6) is 0.253. The van der Waals surface area contributed by atoms with E-state index >= 15 is 0 Å². The highest BCUT2D eigenvalue weighted by Crippen LogP contribution is 2.34. The van der Waals surface area contributed by atoms with Crippen LogP contribution in [0.4, 0.5) is 5.69 Å². The van der Waals surface area contributed by atoms with E-state index in [4.69, 9.17) is 27.6 Å². The molecule has 1 atom stereocenters. The zero-order chi connectivity index (χ0) is 17.3. The van der Waals surface area contributed by atoms with E-state index in [1.165, 1.54) is 0 Å². The van der Waals surface area contributed by atoms with Crippen molar-refractivity contribution in [1.29, 1.82) is 0 Å². The molecular weight excluding hydrogens is 349 g/mol. The van der Waals surface area contributed by atoms with Crippen LogP contribution in [0.15, 0.2) is 40.8 Å². The van der Waals surface area contributed by atoms with Crippen molar-refractivity contribution in [3.63, 3.8) is 0 Å². The number of halogens is 2. The van der Waals surface area contributed by atoms with Gasteiger partial charge in [-0.1, -0.05) is 29.3 Å². The highest BCUT2D eigenvalue weighted by atomic mass is 35.5. The smallest absolute Gasteiger partial charge is 0.241 e. The molecule has 0 spiro atoms. The van der Waals surface area contributed by atoms with E-state index < -0.39 is 0 Å². The molecule has 0 saturated heterocycles. The Kier molecular flexibility index (Phi) is 4.76. The summed E-state index contributed by atoms with van der Waals surface area (Å²) >= 11 is 12.2. The fraction of sp³-hybridized carbons (Fsp3) is 0.176. The van der Waals surface area contributed by atoms with Crippen molar-refractivity contribution in [3.8, 4) is 11.5 Å². The average Bonchev–Trinajstić information content (AvgIpc) is 2.99. The second-order valence-corrected chi connectivity index (χ2v) is 6.09. The first-order valence-corrected chi connectivity index (χ1v) is 8.08. The number of benzene rings is 2. The molecule has 1 amide bonds.